The van der Waals surface area contributed by atoms with E-state index in [2.05, 4.69) is 4.90 Å². The number of nitrogens with zero attached hydrogens (tertiary/aromatic N) is 2. The first-order valence-electron chi connectivity index (χ1n) is 9.81. The highest BCUT2D eigenvalue weighted by Crippen LogP contribution is 2.13. The van der Waals surface area contributed by atoms with Gasteiger partial charge in [0.25, 0.3) is 0 Å². The summed E-state index contributed by atoms with van der Waals surface area (Å²) in [5, 5.41) is 0. The first-order valence-corrected chi connectivity index (χ1v) is 9.81. The number of hydrogen-bond acceptors (Lipinski definition) is 4. The van der Waals surface area contributed by atoms with Crippen LogP contribution in [0.1, 0.15) is 27.9 Å². The Morgan fingerprint density at radius 2 is 1.68 bits per heavy atom. The van der Waals surface area contributed by atoms with Gasteiger partial charge >= 0.3 is 0 Å². The highest BCUT2D eigenvalue weighted by atomic mass is 16.5. The van der Waals surface area contributed by atoms with E-state index in [1.165, 1.54) is 0 Å². The van der Waals surface area contributed by atoms with Crippen molar-refractivity contribution in [2.45, 2.75) is 20.3 Å². The van der Waals surface area contributed by atoms with E-state index in [-0.39, 0.29) is 11.7 Å². The molecule has 3 rings (SSSR count). The molecule has 28 heavy (non-hydrogen) atoms. The Hall–Kier alpha value is -2.66. The summed E-state index contributed by atoms with van der Waals surface area (Å²) in [7, 11) is 0. The van der Waals surface area contributed by atoms with Crippen LogP contribution in [0.3, 0.4) is 0 Å². The number of amides is 1. The number of carbonyl (C=O) groups is 2. The molecule has 0 bridgehead atoms. The summed E-state index contributed by atoms with van der Waals surface area (Å²) in [5.74, 6) is 1.04. The highest BCUT2D eigenvalue weighted by molar-refractivity contribution is 5.99. The molecule has 0 aliphatic carbocycles. The Morgan fingerprint density at radius 1 is 0.964 bits per heavy atom. The fourth-order valence-corrected chi connectivity index (χ4v) is 3.41. The molecule has 1 amide bonds. The number of carbonyl (C=O) groups excluding carboxylic acids is 2. The Balaban J connectivity index is 1.42. The van der Waals surface area contributed by atoms with Crippen molar-refractivity contribution in [3.05, 3.63) is 65.2 Å². The van der Waals surface area contributed by atoms with Crippen LogP contribution in [0.2, 0.25) is 0 Å². The number of Topliss-reactive ketones (excluding diaryl/α,β-unsaturated/α-hetero) is 1. The maximum atomic E-state index is 12.6. The van der Waals surface area contributed by atoms with Gasteiger partial charge in [0.1, 0.15) is 5.75 Å². The molecule has 0 radical (unpaired) electrons. The van der Waals surface area contributed by atoms with Crippen molar-refractivity contribution in [3.63, 3.8) is 0 Å². The summed E-state index contributed by atoms with van der Waals surface area (Å²) >= 11 is 0. The number of ether oxygens (including phenoxy) is 1. The van der Waals surface area contributed by atoms with Gasteiger partial charge in [0.2, 0.25) is 5.91 Å². The Labute approximate surface area is 166 Å². The smallest absolute Gasteiger partial charge is 0.226 e. The lowest BCUT2D eigenvalue weighted by Crippen LogP contribution is -2.50. The minimum atomic E-state index is 0.108. The van der Waals surface area contributed by atoms with Crippen molar-refractivity contribution in [2.24, 2.45) is 0 Å². The standard InChI is InChI=1S/C23H28N2O3/c1-18-8-9-19(2)21(16-18)22(26)17-24-11-13-25(14-12-24)23(27)10-15-28-20-6-4-3-5-7-20/h3-9,16H,10-15,17H2,1-2H3. The van der Waals surface area contributed by atoms with Gasteiger partial charge in [0.15, 0.2) is 5.78 Å². The summed E-state index contributed by atoms with van der Waals surface area (Å²) in [6.45, 7) is 7.53. The maximum Gasteiger partial charge on any atom is 0.226 e. The molecule has 2 aromatic carbocycles. The second kappa shape index (κ2) is 9.51. The molecule has 0 N–H and O–H groups in total. The van der Waals surface area contributed by atoms with Gasteiger partial charge in [-0.15, -0.1) is 0 Å². The van der Waals surface area contributed by atoms with Crippen LogP contribution in [0, 0.1) is 13.8 Å². The molecule has 5 heteroatoms. The van der Waals surface area contributed by atoms with E-state index >= 15 is 0 Å². The average molecular weight is 380 g/mol. The molecule has 1 saturated heterocycles. The molecule has 1 aliphatic rings. The van der Waals surface area contributed by atoms with Crippen LogP contribution in [-0.2, 0) is 4.79 Å². The van der Waals surface area contributed by atoms with Crippen LogP contribution in [0.4, 0.5) is 0 Å². The number of hydrogen-bond donors (Lipinski definition) is 0. The first-order chi connectivity index (χ1) is 13.5. The van der Waals surface area contributed by atoms with E-state index in [1.807, 2.05) is 67.3 Å². The first kappa shape index (κ1) is 20.1. The number of ketones is 1. The average Bonchev–Trinajstić information content (AvgIpc) is 2.71. The molecule has 1 aliphatic heterocycles. The lowest BCUT2D eigenvalue weighted by molar-refractivity contribution is -0.133. The van der Waals surface area contributed by atoms with E-state index in [0.29, 0.717) is 32.7 Å². The zero-order valence-corrected chi connectivity index (χ0v) is 16.7. The van der Waals surface area contributed by atoms with Crippen molar-refractivity contribution in [2.75, 3.05) is 39.3 Å². The van der Waals surface area contributed by atoms with Gasteiger partial charge in [0.05, 0.1) is 19.6 Å². The topological polar surface area (TPSA) is 49.9 Å². The quantitative estimate of drug-likeness (QED) is 0.693. The van der Waals surface area contributed by atoms with Gasteiger partial charge < -0.3 is 9.64 Å². The van der Waals surface area contributed by atoms with E-state index in [9.17, 15) is 9.59 Å². The third-order valence-electron chi connectivity index (χ3n) is 5.11. The zero-order valence-electron chi connectivity index (χ0n) is 16.7. The minimum absolute atomic E-state index is 0.108. The molecule has 0 unspecified atom stereocenters. The van der Waals surface area contributed by atoms with Crippen LogP contribution in [0.15, 0.2) is 48.5 Å². The largest absolute Gasteiger partial charge is 0.493 e. The van der Waals surface area contributed by atoms with E-state index in [1.54, 1.807) is 0 Å². The van der Waals surface area contributed by atoms with Crippen molar-refractivity contribution < 1.29 is 14.3 Å². The summed E-state index contributed by atoms with van der Waals surface area (Å²) in [6.07, 6.45) is 0.371. The van der Waals surface area contributed by atoms with Crippen molar-refractivity contribution in [1.29, 1.82) is 0 Å². The molecule has 0 saturated carbocycles. The molecular weight excluding hydrogens is 352 g/mol. The zero-order chi connectivity index (χ0) is 19.9. The number of aryl methyl sites for hydroxylation is 2. The Kier molecular flexibility index (Phi) is 6.82. The van der Waals surface area contributed by atoms with E-state index < -0.39 is 0 Å². The second-order valence-corrected chi connectivity index (χ2v) is 7.31. The molecule has 0 aromatic heterocycles. The summed E-state index contributed by atoms with van der Waals surface area (Å²) in [4.78, 5) is 29.0. The molecule has 1 fully saturated rings. The summed E-state index contributed by atoms with van der Waals surface area (Å²) in [6, 6.07) is 15.5. The third kappa shape index (κ3) is 5.42. The monoisotopic (exact) mass is 380 g/mol. The van der Waals surface area contributed by atoms with Gasteiger partial charge in [-0.3, -0.25) is 14.5 Å². The molecule has 1 heterocycles. The van der Waals surface area contributed by atoms with Crippen molar-refractivity contribution in [3.8, 4) is 5.75 Å². The SMILES string of the molecule is Cc1ccc(C)c(C(=O)CN2CCN(C(=O)CCOc3ccccc3)CC2)c1. The molecule has 148 valence electrons. The van der Waals surface area contributed by atoms with E-state index in [0.717, 1.165) is 35.5 Å². The van der Waals surface area contributed by atoms with Gasteiger partial charge in [-0.2, -0.15) is 0 Å². The third-order valence-corrected chi connectivity index (χ3v) is 5.11. The normalized spacial score (nSPS) is 14.7. The number of benzene rings is 2. The molecule has 2 aromatic rings. The van der Waals surface area contributed by atoms with Crippen LogP contribution in [0.5, 0.6) is 5.75 Å². The molecule has 0 atom stereocenters. The summed E-state index contributed by atoms with van der Waals surface area (Å²) < 4.78 is 5.61. The van der Waals surface area contributed by atoms with Crippen molar-refractivity contribution in [1.82, 2.24) is 9.80 Å². The molecule has 0 spiro atoms. The molecule has 5 nitrogen and oxygen atoms in total. The van der Waals surface area contributed by atoms with Crippen LogP contribution in [-0.4, -0.2) is 60.8 Å². The van der Waals surface area contributed by atoms with Gasteiger partial charge in [0, 0.05) is 31.7 Å². The summed E-state index contributed by atoms with van der Waals surface area (Å²) in [5.41, 5.74) is 2.92. The fraction of sp³-hybridized carbons (Fsp3) is 0.391. The van der Waals surface area contributed by atoms with Gasteiger partial charge in [-0.05, 0) is 37.6 Å². The van der Waals surface area contributed by atoms with E-state index in [4.69, 9.17) is 4.74 Å². The fourth-order valence-electron chi connectivity index (χ4n) is 3.41. The lowest BCUT2D eigenvalue weighted by atomic mass is 10.0. The van der Waals surface area contributed by atoms with Crippen LogP contribution < -0.4 is 4.74 Å². The lowest BCUT2D eigenvalue weighted by Gasteiger charge is -2.34. The van der Waals surface area contributed by atoms with Gasteiger partial charge in [-0.1, -0.05) is 35.9 Å². The number of para-hydroxylation sites is 1. The maximum absolute atomic E-state index is 12.6. The van der Waals surface area contributed by atoms with Gasteiger partial charge in [-0.25, -0.2) is 0 Å². The van der Waals surface area contributed by atoms with Crippen LogP contribution in [0.25, 0.3) is 0 Å². The Bertz CT molecular complexity index is 812. The Morgan fingerprint density at radius 3 is 2.39 bits per heavy atom. The molecular formula is C23H28N2O3. The number of rotatable bonds is 7. The highest BCUT2D eigenvalue weighted by Gasteiger charge is 2.23. The van der Waals surface area contributed by atoms with Crippen molar-refractivity contribution >= 4 is 11.7 Å². The predicted molar refractivity (Wildman–Crippen MR) is 110 cm³/mol. The second-order valence-electron chi connectivity index (χ2n) is 7.31. The predicted octanol–water partition coefficient (Wildman–Crippen LogP) is 3.10. The number of piperazine rings is 1. The minimum Gasteiger partial charge on any atom is -0.493 e. The van der Waals surface area contributed by atoms with Crippen LogP contribution >= 0.6 is 0 Å².